The van der Waals surface area contributed by atoms with Crippen molar-refractivity contribution >= 4 is 28.5 Å². The average Bonchev–Trinajstić information content (AvgIpc) is 2.92. The van der Waals surface area contributed by atoms with Gasteiger partial charge < -0.3 is 0 Å². The van der Waals surface area contributed by atoms with Crippen molar-refractivity contribution in [2.45, 2.75) is 0 Å². The van der Waals surface area contributed by atoms with E-state index in [1.807, 2.05) is 28.8 Å². The van der Waals surface area contributed by atoms with Crippen LogP contribution in [0.2, 0.25) is 4.47 Å². The summed E-state index contributed by atoms with van der Waals surface area (Å²) < 4.78 is 2.33. The Morgan fingerprint density at radius 2 is 2.29 bits per heavy atom. The van der Waals surface area contributed by atoms with E-state index in [4.69, 9.17) is 16.9 Å². The number of hydrogen-bond donors (Lipinski definition) is 0. The second-order valence-electron chi connectivity index (χ2n) is 3.33. The van der Waals surface area contributed by atoms with Gasteiger partial charge in [0.2, 0.25) is 0 Å². The molecule has 3 aromatic heterocycles. The van der Waals surface area contributed by atoms with Crippen molar-refractivity contribution in [3.8, 4) is 16.8 Å². The van der Waals surface area contributed by atoms with E-state index in [-0.39, 0.29) is 0 Å². The van der Waals surface area contributed by atoms with Crippen LogP contribution in [0.15, 0.2) is 30.6 Å². The average molecular weight is 261 g/mol. The minimum Gasteiger partial charge on any atom is -0.298 e. The fraction of sp³-hybridized carbons (Fsp3) is 0. The molecular formula is C11H5ClN4S. The Labute approximate surface area is 106 Å². The quantitative estimate of drug-likeness (QED) is 0.676. The number of pyridine rings is 1. The van der Waals surface area contributed by atoms with E-state index in [1.54, 1.807) is 6.20 Å². The van der Waals surface area contributed by atoms with Crippen molar-refractivity contribution in [2.24, 2.45) is 0 Å². The lowest BCUT2D eigenvalue weighted by Gasteiger charge is -1.95. The molecule has 3 aromatic rings. The van der Waals surface area contributed by atoms with E-state index in [9.17, 15) is 0 Å². The molecule has 0 spiro atoms. The van der Waals surface area contributed by atoms with Crippen LogP contribution in [0, 0.1) is 11.3 Å². The maximum absolute atomic E-state index is 9.04. The van der Waals surface area contributed by atoms with Crippen LogP contribution in [0.4, 0.5) is 0 Å². The zero-order chi connectivity index (χ0) is 11.8. The molecule has 17 heavy (non-hydrogen) atoms. The third kappa shape index (κ3) is 1.58. The standard InChI is InChI=1S/C11H5ClN4S/c12-11-14-6-9(17-11)10-15-7(5-13)8-3-1-2-4-16(8)10/h1-4,6H. The first kappa shape index (κ1) is 10.3. The largest absolute Gasteiger partial charge is 0.298 e. The molecule has 0 aliphatic rings. The lowest BCUT2D eigenvalue weighted by atomic mass is 10.3. The van der Waals surface area contributed by atoms with Gasteiger partial charge in [0.05, 0.1) is 16.6 Å². The van der Waals surface area contributed by atoms with Crippen molar-refractivity contribution < 1.29 is 0 Å². The van der Waals surface area contributed by atoms with Crippen LogP contribution in [0.1, 0.15) is 5.69 Å². The SMILES string of the molecule is N#Cc1nc(-c2cnc(Cl)s2)n2ccccc12. The number of aromatic nitrogens is 3. The maximum Gasteiger partial charge on any atom is 0.184 e. The summed E-state index contributed by atoms with van der Waals surface area (Å²) in [4.78, 5) is 9.13. The number of nitriles is 1. The van der Waals surface area contributed by atoms with Crippen molar-refractivity contribution in [1.82, 2.24) is 14.4 Å². The Hall–Kier alpha value is -1.90. The Morgan fingerprint density at radius 3 is 3.00 bits per heavy atom. The van der Waals surface area contributed by atoms with Gasteiger partial charge in [0.15, 0.2) is 16.0 Å². The van der Waals surface area contributed by atoms with Crippen LogP contribution in [0.3, 0.4) is 0 Å². The second kappa shape index (κ2) is 3.84. The van der Waals surface area contributed by atoms with Crippen molar-refractivity contribution in [3.05, 3.63) is 40.8 Å². The minimum atomic E-state index is 0.408. The number of hydrogen-bond acceptors (Lipinski definition) is 4. The zero-order valence-electron chi connectivity index (χ0n) is 8.46. The Morgan fingerprint density at radius 1 is 1.41 bits per heavy atom. The molecule has 0 amide bonds. The van der Waals surface area contributed by atoms with Crippen LogP contribution in [-0.4, -0.2) is 14.4 Å². The number of nitrogens with zero attached hydrogens (tertiary/aromatic N) is 4. The number of imidazole rings is 1. The van der Waals surface area contributed by atoms with Gasteiger partial charge in [-0.05, 0) is 12.1 Å². The zero-order valence-corrected chi connectivity index (χ0v) is 10.0. The van der Waals surface area contributed by atoms with Crippen molar-refractivity contribution in [1.29, 1.82) is 5.26 Å². The smallest absolute Gasteiger partial charge is 0.184 e. The highest BCUT2D eigenvalue weighted by atomic mass is 35.5. The van der Waals surface area contributed by atoms with Gasteiger partial charge in [-0.3, -0.25) is 4.40 Å². The summed E-state index contributed by atoms with van der Waals surface area (Å²) in [5, 5.41) is 9.04. The molecule has 0 aliphatic heterocycles. The van der Waals surface area contributed by atoms with Gasteiger partial charge >= 0.3 is 0 Å². The molecule has 6 heteroatoms. The van der Waals surface area contributed by atoms with Crippen LogP contribution in [-0.2, 0) is 0 Å². The lowest BCUT2D eigenvalue weighted by Crippen LogP contribution is -1.85. The molecule has 3 rings (SSSR count). The number of fused-ring (bicyclic) bond motifs is 1. The molecule has 0 N–H and O–H groups in total. The molecule has 0 aromatic carbocycles. The molecule has 0 aliphatic carbocycles. The lowest BCUT2D eigenvalue weighted by molar-refractivity contribution is 1.17. The van der Waals surface area contributed by atoms with Crippen molar-refractivity contribution in [2.75, 3.05) is 0 Å². The fourth-order valence-electron chi connectivity index (χ4n) is 1.65. The van der Waals surface area contributed by atoms with Crippen LogP contribution < -0.4 is 0 Å². The predicted molar refractivity (Wildman–Crippen MR) is 66.0 cm³/mol. The van der Waals surface area contributed by atoms with Crippen molar-refractivity contribution in [3.63, 3.8) is 0 Å². The normalized spacial score (nSPS) is 10.6. The summed E-state index contributed by atoms with van der Waals surface area (Å²) in [6.45, 7) is 0. The van der Waals surface area contributed by atoms with Crippen LogP contribution in [0.5, 0.6) is 0 Å². The van der Waals surface area contributed by atoms with E-state index < -0.39 is 0 Å². The predicted octanol–water partition coefficient (Wildman–Crippen LogP) is 2.98. The monoisotopic (exact) mass is 260 g/mol. The summed E-state index contributed by atoms with van der Waals surface area (Å²) in [6, 6.07) is 7.71. The van der Waals surface area contributed by atoms with Gasteiger partial charge in [-0.15, -0.1) is 0 Å². The Bertz CT molecular complexity index is 737. The number of thiazole rings is 1. The number of halogens is 1. The van der Waals surface area contributed by atoms with Crippen LogP contribution in [0.25, 0.3) is 16.2 Å². The maximum atomic E-state index is 9.04. The molecular weight excluding hydrogens is 256 g/mol. The van der Waals surface area contributed by atoms with Gasteiger partial charge in [-0.25, -0.2) is 9.97 Å². The second-order valence-corrected chi connectivity index (χ2v) is 4.94. The fourth-order valence-corrected chi connectivity index (χ4v) is 2.58. The first-order valence-corrected chi connectivity index (χ1v) is 5.98. The first-order valence-electron chi connectivity index (χ1n) is 4.78. The summed E-state index contributed by atoms with van der Waals surface area (Å²) in [5.74, 6) is 0.696. The molecule has 0 atom stereocenters. The third-order valence-corrected chi connectivity index (χ3v) is 3.46. The summed E-state index contributed by atoms with van der Waals surface area (Å²) in [6.07, 6.45) is 3.53. The Kier molecular flexibility index (Phi) is 2.32. The first-order chi connectivity index (χ1) is 8.29. The van der Waals surface area contributed by atoms with Gasteiger partial charge in [0, 0.05) is 6.20 Å². The highest BCUT2D eigenvalue weighted by Crippen LogP contribution is 2.29. The van der Waals surface area contributed by atoms with E-state index in [1.165, 1.54) is 11.3 Å². The van der Waals surface area contributed by atoms with E-state index in [0.29, 0.717) is 16.0 Å². The molecule has 4 nitrogen and oxygen atoms in total. The minimum absolute atomic E-state index is 0.408. The Balaban J connectivity index is 2.34. The van der Waals surface area contributed by atoms with Crippen LogP contribution >= 0.6 is 22.9 Å². The molecule has 0 bridgehead atoms. The summed E-state index contributed by atoms with van der Waals surface area (Å²) in [7, 11) is 0. The van der Waals surface area contributed by atoms with E-state index >= 15 is 0 Å². The molecule has 82 valence electrons. The summed E-state index contributed by atoms with van der Waals surface area (Å²) >= 11 is 7.15. The molecule has 0 saturated heterocycles. The van der Waals surface area contributed by atoms with Gasteiger partial charge in [-0.1, -0.05) is 29.0 Å². The summed E-state index contributed by atoms with van der Waals surface area (Å²) in [5.41, 5.74) is 1.19. The van der Waals surface area contributed by atoms with Gasteiger partial charge in [0.1, 0.15) is 6.07 Å². The molecule has 0 saturated carbocycles. The highest BCUT2D eigenvalue weighted by Gasteiger charge is 2.13. The third-order valence-electron chi connectivity index (χ3n) is 2.35. The molecule has 0 unspecified atom stereocenters. The number of rotatable bonds is 1. The molecule has 3 heterocycles. The van der Waals surface area contributed by atoms with Gasteiger partial charge in [0.25, 0.3) is 0 Å². The van der Waals surface area contributed by atoms with E-state index in [2.05, 4.69) is 16.0 Å². The van der Waals surface area contributed by atoms with Gasteiger partial charge in [-0.2, -0.15) is 5.26 Å². The topological polar surface area (TPSA) is 54.0 Å². The van der Waals surface area contributed by atoms with E-state index in [0.717, 1.165) is 10.4 Å². The molecule has 0 fully saturated rings. The highest BCUT2D eigenvalue weighted by molar-refractivity contribution is 7.18. The molecule has 0 radical (unpaired) electrons.